The molecule has 0 aromatic rings. The summed E-state index contributed by atoms with van der Waals surface area (Å²) < 4.78 is 16.8. The summed E-state index contributed by atoms with van der Waals surface area (Å²) in [6.45, 7) is 13.7. The zero-order valence-electron chi connectivity index (χ0n) is 39.8. The second kappa shape index (κ2) is 43.5. The average Bonchev–Trinajstić information content (AvgIpc) is 3.19. The fourth-order valence-corrected chi connectivity index (χ4v) is 7.73. The Labute approximate surface area is 361 Å². The second-order valence-corrected chi connectivity index (χ2v) is 19.0. The molecule has 0 saturated heterocycles. The lowest BCUT2D eigenvalue weighted by Crippen LogP contribution is -2.30. The Morgan fingerprint density at radius 1 is 0.345 bits per heavy atom. The van der Waals surface area contributed by atoms with Crippen LogP contribution in [0.1, 0.15) is 279 Å². The first kappa shape index (κ1) is 56.4. The Morgan fingerprint density at radius 3 is 0.897 bits per heavy atom. The highest BCUT2D eigenvalue weighted by Crippen LogP contribution is 2.18. The predicted molar refractivity (Wildman–Crippen MR) is 247 cm³/mol. The number of carbonyl (C=O) groups excluding carboxylic acids is 3. The zero-order chi connectivity index (χ0) is 42.7. The van der Waals surface area contributed by atoms with Gasteiger partial charge in [-0.05, 0) is 37.0 Å². The Bertz CT molecular complexity index is 900. The number of hydrogen-bond acceptors (Lipinski definition) is 6. The summed E-state index contributed by atoms with van der Waals surface area (Å²) in [7, 11) is 0. The van der Waals surface area contributed by atoms with E-state index in [9.17, 15) is 14.4 Å². The largest absolute Gasteiger partial charge is 0.462 e. The molecule has 0 aromatic heterocycles. The number of rotatable bonds is 45. The van der Waals surface area contributed by atoms with E-state index in [4.69, 9.17) is 14.2 Å². The molecule has 0 rings (SSSR count). The lowest BCUT2D eigenvalue weighted by atomic mass is 10.00. The molecule has 0 aliphatic heterocycles. The number of unbranched alkanes of at least 4 members (excludes halogenated alkanes) is 27. The summed E-state index contributed by atoms with van der Waals surface area (Å²) in [5, 5.41) is 0. The molecule has 0 saturated carbocycles. The summed E-state index contributed by atoms with van der Waals surface area (Å²) >= 11 is 0. The normalized spacial score (nSPS) is 12.6. The maximum Gasteiger partial charge on any atom is 0.306 e. The fraction of sp³-hybridized carbons (Fsp3) is 0.942. The van der Waals surface area contributed by atoms with Gasteiger partial charge in [-0.2, -0.15) is 0 Å². The van der Waals surface area contributed by atoms with Crippen molar-refractivity contribution in [2.45, 2.75) is 285 Å². The van der Waals surface area contributed by atoms with Gasteiger partial charge in [-0.1, -0.05) is 241 Å². The zero-order valence-corrected chi connectivity index (χ0v) is 39.8. The van der Waals surface area contributed by atoms with E-state index in [1.54, 1.807) is 0 Å². The highest BCUT2D eigenvalue weighted by atomic mass is 16.6. The molecule has 58 heavy (non-hydrogen) atoms. The van der Waals surface area contributed by atoms with Gasteiger partial charge in [0, 0.05) is 19.3 Å². The minimum Gasteiger partial charge on any atom is -0.462 e. The lowest BCUT2D eigenvalue weighted by Gasteiger charge is -2.18. The lowest BCUT2D eigenvalue weighted by molar-refractivity contribution is -0.167. The van der Waals surface area contributed by atoms with Crippen LogP contribution in [0, 0.1) is 17.8 Å². The summed E-state index contributed by atoms with van der Waals surface area (Å²) in [5.41, 5.74) is 0. The van der Waals surface area contributed by atoms with Crippen LogP contribution in [0.2, 0.25) is 0 Å². The van der Waals surface area contributed by atoms with Gasteiger partial charge in [0.25, 0.3) is 0 Å². The Balaban J connectivity index is 4.29. The van der Waals surface area contributed by atoms with E-state index < -0.39 is 6.10 Å². The molecule has 6 heteroatoms. The van der Waals surface area contributed by atoms with Crippen molar-refractivity contribution < 1.29 is 28.6 Å². The minimum atomic E-state index is -0.763. The quantitative estimate of drug-likeness (QED) is 0.0346. The van der Waals surface area contributed by atoms with E-state index >= 15 is 0 Å². The molecule has 0 spiro atoms. The van der Waals surface area contributed by atoms with E-state index in [1.165, 1.54) is 161 Å². The third kappa shape index (κ3) is 44.0. The van der Waals surface area contributed by atoms with Crippen LogP contribution in [-0.2, 0) is 28.6 Å². The smallest absolute Gasteiger partial charge is 0.306 e. The van der Waals surface area contributed by atoms with Crippen LogP contribution in [0.4, 0.5) is 0 Å². The number of esters is 3. The fourth-order valence-electron chi connectivity index (χ4n) is 7.73. The van der Waals surface area contributed by atoms with Gasteiger partial charge in [0.05, 0.1) is 0 Å². The molecule has 0 aliphatic carbocycles. The molecule has 0 radical (unpaired) electrons. The molecule has 0 fully saturated rings. The maximum atomic E-state index is 12.8. The molecular weight excluding hydrogens is 721 g/mol. The minimum absolute atomic E-state index is 0.0657. The average molecular weight is 821 g/mol. The van der Waals surface area contributed by atoms with Crippen molar-refractivity contribution in [2.24, 2.45) is 17.8 Å². The highest BCUT2D eigenvalue weighted by Gasteiger charge is 2.19. The monoisotopic (exact) mass is 821 g/mol. The van der Waals surface area contributed by atoms with Gasteiger partial charge in [0.1, 0.15) is 13.2 Å². The number of carbonyl (C=O) groups is 3. The topological polar surface area (TPSA) is 78.9 Å². The van der Waals surface area contributed by atoms with Gasteiger partial charge < -0.3 is 14.2 Å². The first-order chi connectivity index (χ1) is 28.1. The molecule has 1 unspecified atom stereocenters. The van der Waals surface area contributed by atoms with Crippen molar-refractivity contribution >= 4 is 17.9 Å². The number of hydrogen-bond donors (Lipinski definition) is 0. The summed E-state index contributed by atoms with van der Waals surface area (Å²) in [6.07, 6.45) is 42.4. The van der Waals surface area contributed by atoms with E-state index in [0.29, 0.717) is 19.3 Å². The van der Waals surface area contributed by atoms with Crippen molar-refractivity contribution in [1.82, 2.24) is 0 Å². The number of ether oxygens (including phenoxy) is 3. The molecule has 0 N–H and O–H groups in total. The van der Waals surface area contributed by atoms with Crippen LogP contribution in [0.3, 0.4) is 0 Å². The standard InChI is InChI=1S/C52H100O6/c1-7-48(6)40-34-28-24-25-30-36-42-51(54)57-45-49(44-56-50(53)41-35-29-22-19-15-17-21-27-33-39-47(4)5)58-52(55)43-37-31-23-18-14-12-10-8-9-11-13-16-20-26-32-38-46(2)3/h46-49H,7-45H2,1-6H3/t48?,49-/m1/s1. The van der Waals surface area contributed by atoms with Crippen LogP contribution in [0.25, 0.3) is 0 Å². The molecule has 344 valence electrons. The molecule has 2 atom stereocenters. The van der Waals surface area contributed by atoms with Crippen LogP contribution in [-0.4, -0.2) is 37.2 Å². The molecule has 0 aromatic carbocycles. The van der Waals surface area contributed by atoms with Crippen LogP contribution in [0.15, 0.2) is 0 Å². The van der Waals surface area contributed by atoms with Gasteiger partial charge >= 0.3 is 17.9 Å². The first-order valence-electron chi connectivity index (χ1n) is 25.6. The van der Waals surface area contributed by atoms with Crippen molar-refractivity contribution in [3.63, 3.8) is 0 Å². The predicted octanol–water partition coefficient (Wildman–Crippen LogP) is 16.4. The SMILES string of the molecule is CCC(C)CCCCCCCCC(=O)OC[C@@H](COC(=O)CCCCCCCCCCCC(C)C)OC(=O)CCCCCCCCCCCCCCCCCC(C)C. The van der Waals surface area contributed by atoms with Crippen molar-refractivity contribution in [2.75, 3.05) is 13.2 Å². The third-order valence-electron chi connectivity index (χ3n) is 12.0. The maximum absolute atomic E-state index is 12.8. The Kier molecular flexibility index (Phi) is 42.3. The van der Waals surface area contributed by atoms with Crippen molar-refractivity contribution in [1.29, 1.82) is 0 Å². The third-order valence-corrected chi connectivity index (χ3v) is 12.0. The second-order valence-electron chi connectivity index (χ2n) is 19.0. The summed E-state index contributed by atoms with van der Waals surface area (Å²) in [4.78, 5) is 37.9. The molecule has 0 amide bonds. The van der Waals surface area contributed by atoms with Crippen LogP contribution in [0.5, 0.6) is 0 Å². The van der Waals surface area contributed by atoms with E-state index in [2.05, 4.69) is 41.5 Å². The van der Waals surface area contributed by atoms with Gasteiger partial charge in [-0.3, -0.25) is 14.4 Å². The summed E-state index contributed by atoms with van der Waals surface area (Å²) in [5.74, 6) is 1.61. The van der Waals surface area contributed by atoms with Crippen molar-refractivity contribution in [3.05, 3.63) is 0 Å². The van der Waals surface area contributed by atoms with E-state index in [-0.39, 0.29) is 31.1 Å². The Hall–Kier alpha value is -1.59. The molecule has 0 bridgehead atoms. The van der Waals surface area contributed by atoms with E-state index in [0.717, 1.165) is 75.5 Å². The van der Waals surface area contributed by atoms with Gasteiger partial charge in [-0.25, -0.2) is 0 Å². The molecule has 0 aliphatic rings. The van der Waals surface area contributed by atoms with Crippen molar-refractivity contribution in [3.8, 4) is 0 Å². The summed E-state index contributed by atoms with van der Waals surface area (Å²) in [6, 6.07) is 0. The molecular formula is C52H100O6. The van der Waals surface area contributed by atoms with Crippen LogP contribution >= 0.6 is 0 Å². The molecule has 0 heterocycles. The Morgan fingerprint density at radius 2 is 0.603 bits per heavy atom. The van der Waals surface area contributed by atoms with Gasteiger partial charge in [0.2, 0.25) is 0 Å². The molecule has 6 nitrogen and oxygen atoms in total. The van der Waals surface area contributed by atoms with Gasteiger partial charge in [-0.15, -0.1) is 0 Å². The first-order valence-corrected chi connectivity index (χ1v) is 25.6. The highest BCUT2D eigenvalue weighted by molar-refractivity contribution is 5.71. The van der Waals surface area contributed by atoms with Crippen LogP contribution < -0.4 is 0 Å². The van der Waals surface area contributed by atoms with Gasteiger partial charge in [0.15, 0.2) is 6.10 Å². The van der Waals surface area contributed by atoms with E-state index in [1.807, 2.05) is 0 Å².